The van der Waals surface area contributed by atoms with Crippen molar-refractivity contribution in [2.24, 2.45) is 5.41 Å². The smallest absolute Gasteiger partial charge is 0.330 e. The van der Waals surface area contributed by atoms with Crippen LogP contribution in [0.3, 0.4) is 0 Å². The monoisotopic (exact) mass is 1080 g/mol. The van der Waals surface area contributed by atoms with Crippen molar-refractivity contribution in [3.05, 3.63) is 93.1 Å². The van der Waals surface area contributed by atoms with Gasteiger partial charge in [0.15, 0.2) is 9.84 Å². The molecule has 23 nitrogen and oxygen atoms in total. The van der Waals surface area contributed by atoms with E-state index in [9.17, 15) is 60.0 Å². The number of esters is 6. The molecule has 1 rings (SSSR count). The summed E-state index contributed by atoms with van der Waals surface area (Å²) in [5, 5.41) is 6.52. The van der Waals surface area contributed by atoms with E-state index >= 15 is 0 Å². The first kappa shape index (κ1) is 63.9. The van der Waals surface area contributed by atoms with Crippen LogP contribution in [0, 0.1) is 5.41 Å². The number of carbonyl (C=O) groups excluding carboxylic acids is 9. The SMILES string of the molecule is C=CC(=O)OCCC(C)(CCOC(=O)C=C)CC(=O)CS(=O)(=O)c1cc(S(=O)(=O)NC(=O)NC(C)(CCOC(=O)C=C)CCOC(=O)C=C)c(NC(=O)NC(C)(CCOC(=O)C=C)CCOC(=O)C=C)cc1Cl. The quantitative estimate of drug-likeness (QED) is 0.0421. The highest BCUT2D eigenvalue weighted by Gasteiger charge is 2.36. The normalized spacial score (nSPS) is 11.5. The molecule has 4 amide bonds. The van der Waals surface area contributed by atoms with Gasteiger partial charge in [0.2, 0.25) is 0 Å². The van der Waals surface area contributed by atoms with Crippen molar-refractivity contribution in [2.75, 3.05) is 50.7 Å². The van der Waals surface area contributed by atoms with E-state index in [1.807, 2.05) is 0 Å². The third kappa shape index (κ3) is 23.8. The third-order valence-electron chi connectivity index (χ3n) is 10.4. The predicted molar refractivity (Wildman–Crippen MR) is 264 cm³/mol. The fraction of sp³-hybridized carbons (Fsp3) is 0.426. The number of Topliss-reactive ketones (excluding diaryl/α,β-unsaturated/α-hetero) is 1. The molecule has 0 aromatic heterocycles. The molecule has 0 saturated heterocycles. The molecule has 4 N–H and O–H groups in total. The molecule has 402 valence electrons. The molecule has 0 aliphatic rings. The van der Waals surface area contributed by atoms with Crippen LogP contribution >= 0.6 is 11.6 Å². The van der Waals surface area contributed by atoms with E-state index in [0.29, 0.717) is 6.07 Å². The zero-order valence-corrected chi connectivity index (χ0v) is 43.1. The van der Waals surface area contributed by atoms with Gasteiger partial charge >= 0.3 is 47.9 Å². The number of ketones is 1. The zero-order valence-electron chi connectivity index (χ0n) is 40.7. The molecule has 0 unspecified atom stereocenters. The Balaban J connectivity index is 3.89. The lowest BCUT2D eigenvalue weighted by Crippen LogP contribution is -2.52. The molecule has 0 saturated carbocycles. The molecule has 0 bridgehead atoms. The Hall–Kier alpha value is -7.12. The lowest BCUT2D eigenvalue weighted by Gasteiger charge is -2.31. The number of sulfonamides is 1. The van der Waals surface area contributed by atoms with Crippen molar-refractivity contribution in [3.63, 3.8) is 0 Å². The Morgan fingerprint density at radius 2 is 0.849 bits per heavy atom. The van der Waals surface area contributed by atoms with Crippen molar-refractivity contribution >= 4 is 90.8 Å². The molecule has 0 aliphatic carbocycles. The minimum absolute atomic E-state index is 0.0265. The summed E-state index contributed by atoms with van der Waals surface area (Å²) in [7, 11) is -10.2. The standard InChI is InChI=1S/C47H61ClN4O19S2/c1-10-37(54)66-22-16-45(7,17-23-67-38(55)11-2)30-32(53)31-72(62,63)35-29-36(73(64,65)52-44(61)51-47(9,20-26-70-41(58)14-5)21-27-71-42(59)15-6)34(28-33(35)48)49-43(60)50-46(8,18-24-68-39(56)12-3)19-25-69-40(57)13-4/h10-15,28-29H,1-6,16-27,30-31H2,7-9H3,(H2,49,50,60)(H2,51,52,61). The number of rotatable bonds is 34. The second-order valence-electron chi connectivity index (χ2n) is 16.6. The molecule has 73 heavy (non-hydrogen) atoms. The highest BCUT2D eigenvalue weighted by atomic mass is 35.5. The van der Waals surface area contributed by atoms with Crippen LogP contribution in [0.2, 0.25) is 5.02 Å². The highest BCUT2D eigenvalue weighted by Crippen LogP contribution is 2.35. The number of nitrogens with one attached hydrogen (secondary N) is 4. The van der Waals surface area contributed by atoms with Crippen molar-refractivity contribution in [1.29, 1.82) is 0 Å². The Kier molecular flexibility index (Phi) is 26.3. The second kappa shape index (κ2) is 30.0. The first-order chi connectivity index (χ1) is 34.0. The number of hydrogen-bond acceptors (Lipinski definition) is 19. The van der Waals surface area contributed by atoms with Crippen LogP contribution in [0.4, 0.5) is 15.3 Å². The van der Waals surface area contributed by atoms with Crippen LogP contribution in [0.15, 0.2) is 97.9 Å². The molecule has 0 radical (unpaired) electrons. The average molecular weight is 1090 g/mol. The molecule has 26 heteroatoms. The lowest BCUT2D eigenvalue weighted by atomic mass is 9.79. The maximum atomic E-state index is 14.3. The first-order valence-electron chi connectivity index (χ1n) is 21.8. The highest BCUT2D eigenvalue weighted by molar-refractivity contribution is 7.92. The van der Waals surface area contributed by atoms with E-state index in [2.05, 4.69) is 55.4 Å². The van der Waals surface area contributed by atoms with Gasteiger partial charge in [0.25, 0.3) is 10.0 Å². The minimum atomic E-state index is -5.32. The summed E-state index contributed by atoms with van der Waals surface area (Å²) < 4.78 is 88.8. The van der Waals surface area contributed by atoms with Gasteiger partial charge in [-0.3, -0.25) is 4.79 Å². The number of amides is 4. The van der Waals surface area contributed by atoms with E-state index < -0.39 is 123 Å². The van der Waals surface area contributed by atoms with Crippen LogP contribution < -0.4 is 20.7 Å². The number of hydrogen-bond donors (Lipinski definition) is 4. The number of ether oxygens (including phenoxy) is 6. The van der Waals surface area contributed by atoms with Crippen LogP contribution in [0.1, 0.15) is 65.7 Å². The minimum Gasteiger partial charge on any atom is -0.463 e. The lowest BCUT2D eigenvalue weighted by molar-refractivity contribution is -0.140. The largest absolute Gasteiger partial charge is 0.463 e. The van der Waals surface area contributed by atoms with Gasteiger partial charge in [-0.1, -0.05) is 58.0 Å². The molecule has 0 atom stereocenters. The Bertz CT molecular complexity index is 2450. The number of benzene rings is 1. The van der Waals surface area contributed by atoms with Gasteiger partial charge in [-0.2, -0.15) is 0 Å². The number of halogens is 1. The zero-order chi connectivity index (χ0) is 55.6. The van der Waals surface area contributed by atoms with E-state index in [1.54, 1.807) is 11.6 Å². The molecular weight excluding hydrogens is 1020 g/mol. The summed E-state index contributed by atoms with van der Waals surface area (Å²) >= 11 is 6.51. The van der Waals surface area contributed by atoms with Gasteiger partial charge in [0.1, 0.15) is 16.4 Å². The molecule has 1 aromatic rings. The van der Waals surface area contributed by atoms with Crippen LogP contribution in [-0.2, 0) is 81.8 Å². The van der Waals surface area contributed by atoms with Gasteiger partial charge in [0.05, 0.1) is 55.2 Å². The Labute approximate surface area is 428 Å². The van der Waals surface area contributed by atoms with Crippen molar-refractivity contribution in [2.45, 2.75) is 86.6 Å². The Morgan fingerprint density at radius 3 is 1.19 bits per heavy atom. The van der Waals surface area contributed by atoms with Crippen LogP contribution in [0.25, 0.3) is 0 Å². The number of sulfone groups is 1. The summed E-state index contributed by atoms with van der Waals surface area (Å²) in [6.07, 6.45) is 4.15. The summed E-state index contributed by atoms with van der Waals surface area (Å²) in [5.41, 5.74) is -4.76. The maximum absolute atomic E-state index is 14.3. The molecule has 1 aromatic carbocycles. The molecule has 0 heterocycles. The van der Waals surface area contributed by atoms with E-state index in [0.717, 1.165) is 42.5 Å². The average Bonchev–Trinajstić information content (AvgIpc) is 3.30. The van der Waals surface area contributed by atoms with E-state index in [4.69, 9.17) is 40.0 Å². The number of anilines is 1. The summed E-state index contributed by atoms with van der Waals surface area (Å²) in [6.45, 7) is 22.4. The molecular formula is C47H61ClN4O19S2. The Morgan fingerprint density at radius 1 is 0.521 bits per heavy atom. The molecule has 0 aliphatic heterocycles. The van der Waals surface area contributed by atoms with Gasteiger partial charge in [-0.25, -0.2) is 59.9 Å². The molecule has 0 fully saturated rings. The second-order valence-corrected chi connectivity index (χ2v) is 20.6. The van der Waals surface area contributed by atoms with Gasteiger partial charge < -0.3 is 44.4 Å². The van der Waals surface area contributed by atoms with E-state index in [1.165, 1.54) is 13.8 Å². The van der Waals surface area contributed by atoms with Crippen LogP contribution in [0.5, 0.6) is 0 Å². The first-order valence-corrected chi connectivity index (χ1v) is 25.3. The van der Waals surface area contributed by atoms with E-state index in [-0.39, 0.29) is 78.2 Å². The number of urea groups is 2. The van der Waals surface area contributed by atoms with Gasteiger partial charge in [-0.15, -0.1) is 0 Å². The fourth-order valence-electron chi connectivity index (χ4n) is 6.27. The van der Waals surface area contributed by atoms with Gasteiger partial charge in [-0.05, 0) is 44.2 Å². The summed E-state index contributed by atoms with van der Waals surface area (Å²) in [4.78, 5) is 109. The number of carbonyl (C=O) groups is 9. The summed E-state index contributed by atoms with van der Waals surface area (Å²) in [5.74, 6) is -7.06. The van der Waals surface area contributed by atoms with Crippen molar-refractivity contribution < 1.29 is 88.4 Å². The maximum Gasteiger partial charge on any atom is 0.330 e. The van der Waals surface area contributed by atoms with Crippen molar-refractivity contribution in [3.8, 4) is 0 Å². The topological polar surface area (TPSA) is 325 Å². The predicted octanol–water partition coefficient (Wildman–Crippen LogP) is 4.42. The molecule has 0 spiro atoms. The summed E-state index contributed by atoms with van der Waals surface area (Å²) in [6, 6.07) is -1.42. The van der Waals surface area contributed by atoms with Gasteiger partial charge in [0, 0.05) is 79.6 Å². The fourth-order valence-corrected chi connectivity index (χ4v) is 9.28. The third-order valence-corrected chi connectivity index (χ3v) is 13.9. The van der Waals surface area contributed by atoms with Crippen LogP contribution in [-0.4, -0.2) is 127 Å². The van der Waals surface area contributed by atoms with Crippen molar-refractivity contribution in [1.82, 2.24) is 15.4 Å².